The monoisotopic (exact) mass is 330 g/mol. The highest BCUT2D eigenvalue weighted by Crippen LogP contribution is 2.16. The largest absolute Gasteiger partial charge is 0.319 e. The molecule has 1 aromatic carbocycles. The van der Waals surface area contributed by atoms with Crippen LogP contribution in [0.2, 0.25) is 0 Å². The first-order chi connectivity index (χ1) is 11.5. The van der Waals surface area contributed by atoms with Crippen molar-refractivity contribution in [1.82, 2.24) is 20.0 Å². The maximum Gasteiger partial charge on any atom is 0.319 e. The summed E-state index contributed by atoms with van der Waals surface area (Å²) in [7, 11) is 0. The standard InChI is InChI=1S/C14H11FN6O3/c15-10-3-1-9(2-4-10)7-20-8-11(5-17-20)18-14(22)13-12(21(23)24)6-16-19-13/h1-6,8H,7H2,(H,16,19)(H,18,22). The predicted octanol–water partition coefficient (Wildman–Crippen LogP) is 1.95. The van der Waals surface area contributed by atoms with Crippen LogP contribution in [0.15, 0.2) is 42.9 Å². The van der Waals surface area contributed by atoms with Gasteiger partial charge < -0.3 is 5.32 Å². The van der Waals surface area contributed by atoms with Crippen LogP contribution < -0.4 is 5.32 Å². The molecule has 0 aliphatic carbocycles. The molecule has 1 amide bonds. The lowest BCUT2D eigenvalue weighted by atomic mass is 10.2. The number of benzene rings is 1. The fourth-order valence-electron chi connectivity index (χ4n) is 2.07. The first-order valence-electron chi connectivity index (χ1n) is 6.79. The van der Waals surface area contributed by atoms with E-state index in [9.17, 15) is 19.3 Å². The van der Waals surface area contributed by atoms with E-state index in [1.807, 2.05) is 0 Å². The van der Waals surface area contributed by atoms with Crippen molar-refractivity contribution < 1.29 is 14.1 Å². The molecule has 3 rings (SSSR count). The summed E-state index contributed by atoms with van der Waals surface area (Å²) in [5.74, 6) is -1.02. The van der Waals surface area contributed by atoms with Crippen LogP contribution in [0.25, 0.3) is 0 Å². The number of rotatable bonds is 5. The number of carbonyl (C=O) groups is 1. The molecule has 2 N–H and O–H groups in total. The fraction of sp³-hybridized carbons (Fsp3) is 0.0714. The molecule has 122 valence electrons. The molecule has 0 saturated heterocycles. The summed E-state index contributed by atoms with van der Waals surface area (Å²) in [5, 5.41) is 23.2. The summed E-state index contributed by atoms with van der Waals surface area (Å²) in [6, 6.07) is 5.95. The maximum absolute atomic E-state index is 12.9. The zero-order chi connectivity index (χ0) is 17.1. The van der Waals surface area contributed by atoms with E-state index in [2.05, 4.69) is 20.6 Å². The molecule has 0 radical (unpaired) electrons. The number of halogens is 1. The second kappa shape index (κ2) is 6.28. The Labute approximate surface area is 134 Å². The summed E-state index contributed by atoms with van der Waals surface area (Å²) < 4.78 is 14.4. The molecule has 0 unspecified atom stereocenters. The Morgan fingerprint density at radius 2 is 2.08 bits per heavy atom. The lowest BCUT2D eigenvalue weighted by molar-refractivity contribution is -0.385. The van der Waals surface area contributed by atoms with Gasteiger partial charge in [-0.15, -0.1) is 0 Å². The number of nitrogens with one attached hydrogen (secondary N) is 2. The minimum Gasteiger partial charge on any atom is -0.318 e. The highest BCUT2D eigenvalue weighted by Gasteiger charge is 2.23. The van der Waals surface area contributed by atoms with E-state index in [4.69, 9.17) is 0 Å². The molecule has 3 aromatic rings. The SMILES string of the molecule is O=C(Nc1cnn(Cc2ccc(F)cc2)c1)c1[nH]ncc1[N+](=O)[O-]. The molecule has 0 fully saturated rings. The first kappa shape index (κ1) is 15.3. The Hall–Kier alpha value is -3.56. The predicted molar refractivity (Wildman–Crippen MR) is 80.9 cm³/mol. The lowest BCUT2D eigenvalue weighted by Crippen LogP contribution is -2.13. The van der Waals surface area contributed by atoms with Crippen molar-refractivity contribution in [2.24, 2.45) is 0 Å². The summed E-state index contributed by atoms with van der Waals surface area (Å²) in [6.07, 6.45) is 3.93. The van der Waals surface area contributed by atoms with Crippen molar-refractivity contribution >= 4 is 17.3 Å². The number of nitrogens with zero attached hydrogens (tertiary/aromatic N) is 4. The number of nitro groups is 1. The van der Waals surface area contributed by atoms with Crippen LogP contribution in [0, 0.1) is 15.9 Å². The van der Waals surface area contributed by atoms with Gasteiger partial charge in [-0.05, 0) is 17.7 Å². The van der Waals surface area contributed by atoms with Gasteiger partial charge in [-0.25, -0.2) is 4.39 Å². The summed E-state index contributed by atoms with van der Waals surface area (Å²) in [6.45, 7) is 0.389. The number of H-pyrrole nitrogens is 1. The maximum atomic E-state index is 12.9. The van der Waals surface area contributed by atoms with Gasteiger partial charge in [-0.2, -0.15) is 10.2 Å². The minimum absolute atomic E-state index is 0.244. The van der Waals surface area contributed by atoms with Crippen molar-refractivity contribution in [3.63, 3.8) is 0 Å². The molecule has 10 heteroatoms. The van der Waals surface area contributed by atoms with Gasteiger partial charge in [-0.1, -0.05) is 12.1 Å². The first-order valence-corrected chi connectivity index (χ1v) is 6.79. The molecular formula is C14H11FN6O3. The van der Waals surface area contributed by atoms with Crippen LogP contribution >= 0.6 is 0 Å². The van der Waals surface area contributed by atoms with E-state index in [0.717, 1.165) is 11.8 Å². The smallest absolute Gasteiger partial charge is 0.318 e. The van der Waals surface area contributed by atoms with Crippen molar-refractivity contribution in [2.75, 3.05) is 5.32 Å². The van der Waals surface area contributed by atoms with Gasteiger partial charge >= 0.3 is 5.69 Å². The second-order valence-electron chi connectivity index (χ2n) is 4.89. The summed E-state index contributed by atoms with van der Waals surface area (Å²) in [4.78, 5) is 22.1. The van der Waals surface area contributed by atoms with Crippen molar-refractivity contribution in [1.29, 1.82) is 0 Å². The van der Waals surface area contributed by atoms with E-state index < -0.39 is 16.5 Å². The van der Waals surface area contributed by atoms with Crippen LogP contribution in [-0.4, -0.2) is 30.8 Å². The average Bonchev–Trinajstić information content (AvgIpc) is 3.19. The van der Waals surface area contributed by atoms with Crippen molar-refractivity contribution in [3.8, 4) is 0 Å². The molecule has 0 aliphatic heterocycles. The van der Waals surface area contributed by atoms with Gasteiger partial charge in [0.25, 0.3) is 5.91 Å². The van der Waals surface area contributed by atoms with Gasteiger partial charge in [0, 0.05) is 6.20 Å². The lowest BCUT2D eigenvalue weighted by Gasteiger charge is -2.02. The van der Waals surface area contributed by atoms with Crippen molar-refractivity contribution in [2.45, 2.75) is 6.54 Å². The number of anilines is 1. The van der Waals surface area contributed by atoms with E-state index in [-0.39, 0.29) is 11.5 Å². The normalized spacial score (nSPS) is 10.5. The molecule has 0 bridgehead atoms. The summed E-state index contributed by atoms with van der Waals surface area (Å²) >= 11 is 0. The summed E-state index contributed by atoms with van der Waals surface area (Å²) in [5.41, 5.74) is 0.546. The van der Waals surface area contributed by atoms with E-state index in [1.165, 1.54) is 18.3 Å². The van der Waals surface area contributed by atoms with E-state index >= 15 is 0 Å². The molecule has 2 aromatic heterocycles. The van der Waals surface area contributed by atoms with Gasteiger partial charge in [0.2, 0.25) is 5.69 Å². The quantitative estimate of drug-likeness (QED) is 0.547. The third kappa shape index (κ3) is 3.27. The topological polar surface area (TPSA) is 119 Å². The average molecular weight is 330 g/mol. The van der Waals surface area contributed by atoms with Crippen LogP contribution in [0.4, 0.5) is 15.8 Å². The zero-order valence-corrected chi connectivity index (χ0v) is 12.1. The number of amides is 1. The molecule has 0 atom stereocenters. The molecule has 9 nitrogen and oxygen atoms in total. The van der Waals surface area contributed by atoms with Gasteiger partial charge in [0.15, 0.2) is 0 Å². The van der Waals surface area contributed by atoms with E-state index in [0.29, 0.717) is 12.2 Å². The van der Waals surface area contributed by atoms with E-state index in [1.54, 1.807) is 23.0 Å². The number of aromatic nitrogens is 4. The molecule has 0 saturated carbocycles. The molecular weight excluding hydrogens is 319 g/mol. The van der Waals surface area contributed by atoms with Crippen molar-refractivity contribution in [3.05, 3.63) is 70.0 Å². The Kier molecular flexibility index (Phi) is 4.01. The van der Waals surface area contributed by atoms with Gasteiger partial charge in [0.1, 0.15) is 12.0 Å². The Bertz CT molecular complexity index is 886. The number of hydrogen-bond donors (Lipinski definition) is 2. The van der Waals surface area contributed by atoms with Crippen LogP contribution in [0.5, 0.6) is 0 Å². The number of aromatic amines is 1. The molecule has 0 aliphatic rings. The second-order valence-corrected chi connectivity index (χ2v) is 4.89. The van der Waals surface area contributed by atoms with Gasteiger partial charge in [0.05, 0.1) is 23.4 Å². The third-order valence-corrected chi connectivity index (χ3v) is 3.19. The molecule has 0 spiro atoms. The number of hydrogen-bond acceptors (Lipinski definition) is 5. The third-order valence-electron chi connectivity index (χ3n) is 3.19. The highest BCUT2D eigenvalue weighted by molar-refractivity contribution is 6.05. The van der Waals surface area contributed by atoms with Crippen LogP contribution in [-0.2, 0) is 6.54 Å². The molecule has 2 heterocycles. The Balaban J connectivity index is 1.69. The molecule has 24 heavy (non-hydrogen) atoms. The Morgan fingerprint density at radius 1 is 1.33 bits per heavy atom. The zero-order valence-electron chi connectivity index (χ0n) is 12.1. The number of carbonyl (C=O) groups excluding carboxylic acids is 1. The van der Waals surface area contributed by atoms with Crippen LogP contribution in [0.3, 0.4) is 0 Å². The fourth-order valence-corrected chi connectivity index (χ4v) is 2.07. The minimum atomic E-state index is -0.698. The highest BCUT2D eigenvalue weighted by atomic mass is 19.1. The Morgan fingerprint density at radius 3 is 2.79 bits per heavy atom. The van der Waals surface area contributed by atoms with Crippen LogP contribution in [0.1, 0.15) is 16.1 Å². The van der Waals surface area contributed by atoms with Gasteiger partial charge in [-0.3, -0.25) is 24.7 Å².